The van der Waals surface area contributed by atoms with Crippen molar-refractivity contribution in [2.75, 3.05) is 25.4 Å². The van der Waals surface area contributed by atoms with Crippen LogP contribution in [0.4, 0.5) is 4.39 Å². The van der Waals surface area contributed by atoms with Crippen molar-refractivity contribution >= 4 is 20.0 Å². The minimum Gasteiger partial charge on any atom is -0.214 e. The molecule has 1 N–H and O–H groups in total. The van der Waals surface area contributed by atoms with Crippen molar-refractivity contribution in [1.29, 1.82) is 0 Å². The molecule has 0 radical (unpaired) electrons. The fourth-order valence-corrected chi connectivity index (χ4v) is 5.16. The van der Waals surface area contributed by atoms with E-state index < -0.39 is 25.9 Å². The number of nitrogens with zero attached hydrogens (tertiary/aromatic N) is 1. The third-order valence-corrected chi connectivity index (χ3v) is 6.89. The molecule has 2 rings (SSSR count). The van der Waals surface area contributed by atoms with Gasteiger partial charge in [0.2, 0.25) is 20.0 Å². The average molecular weight is 364 g/mol. The van der Waals surface area contributed by atoms with E-state index in [0.717, 1.165) is 19.3 Å². The molecule has 1 aromatic carbocycles. The van der Waals surface area contributed by atoms with Gasteiger partial charge in [-0.05, 0) is 30.5 Å². The molecule has 1 heterocycles. The van der Waals surface area contributed by atoms with Gasteiger partial charge in [0, 0.05) is 19.6 Å². The molecule has 1 saturated heterocycles. The highest BCUT2D eigenvalue weighted by Gasteiger charge is 2.24. The van der Waals surface area contributed by atoms with E-state index in [-0.39, 0.29) is 18.1 Å². The predicted octanol–water partition coefficient (Wildman–Crippen LogP) is 1.06. The van der Waals surface area contributed by atoms with Crippen molar-refractivity contribution in [2.24, 2.45) is 0 Å². The quantitative estimate of drug-likeness (QED) is 0.784. The maximum Gasteiger partial charge on any atom is 0.215 e. The summed E-state index contributed by atoms with van der Waals surface area (Å²) in [5.41, 5.74) is 0.442. The molecule has 0 spiro atoms. The SMILES string of the molecule is O=S(=O)(Cc1ccc(F)cc1)NCCS(=O)(=O)N1CCCCC1. The summed E-state index contributed by atoms with van der Waals surface area (Å²) >= 11 is 0. The van der Waals surface area contributed by atoms with Crippen LogP contribution in [0.5, 0.6) is 0 Å². The van der Waals surface area contributed by atoms with Gasteiger partial charge in [-0.15, -0.1) is 0 Å². The van der Waals surface area contributed by atoms with E-state index in [1.54, 1.807) is 0 Å². The first-order chi connectivity index (χ1) is 10.8. The van der Waals surface area contributed by atoms with Crippen molar-refractivity contribution in [1.82, 2.24) is 9.03 Å². The Morgan fingerprint density at radius 1 is 1.00 bits per heavy atom. The number of hydrogen-bond acceptors (Lipinski definition) is 4. The normalized spacial score (nSPS) is 17.3. The van der Waals surface area contributed by atoms with E-state index in [2.05, 4.69) is 4.72 Å². The van der Waals surface area contributed by atoms with Gasteiger partial charge in [0.05, 0.1) is 11.5 Å². The van der Waals surface area contributed by atoms with E-state index in [9.17, 15) is 21.2 Å². The van der Waals surface area contributed by atoms with Crippen molar-refractivity contribution in [3.05, 3.63) is 35.6 Å². The van der Waals surface area contributed by atoms with E-state index in [1.165, 1.54) is 28.6 Å². The minimum absolute atomic E-state index is 0.164. The molecule has 0 amide bonds. The fraction of sp³-hybridized carbons (Fsp3) is 0.571. The van der Waals surface area contributed by atoms with Crippen LogP contribution >= 0.6 is 0 Å². The van der Waals surface area contributed by atoms with Crippen LogP contribution in [-0.2, 0) is 25.8 Å². The Hall–Kier alpha value is -1.03. The van der Waals surface area contributed by atoms with Gasteiger partial charge < -0.3 is 0 Å². The Labute approximate surface area is 136 Å². The summed E-state index contributed by atoms with van der Waals surface area (Å²) in [6.07, 6.45) is 2.71. The summed E-state index contributed by atoms with van der Waals surface area (Å²) in [5, 5.41) is 0. The monoisotopic (exact) mass is 364 g/mol. The highest BCUT2D eigenvalue weighted by Crippen LogP contribution is 2.13. The second kappa shape index (κ2) is 7.69. The van der Waals surface area contributed by atoms with Gasteiger partial charge >= 0.3 is 0 Å². The number of sulfonamides is 2. The Morgan fingerprint density at radius 3 is 2.22 bits per heavy atom. The Kier molecular flexibility index (Phi) is 6.12. The molecule has 9 heteroatoms. The van der Waals surface area contributed by atoms with Crippen LogP contribution in [0.2, 0.25) is 0 Å². The van der Waals surface area contributed by atoms with Gasteiger partial charge in [-0.2, -0.15) is 0 Å². The van der Waals surface area contributed by atoms with Crippen molar-refractivity contribution in [3.63, 3.8) is 0 Å². The summed E-state index contributed by atoms with van der Waals surface area (Å²) < 4.78 is 64.6. The molecule has 1 aliphatic rings. The number of piperidine rings is 1. The first-order valence-electron chi connectivity index (χ1n) is 7.48. The zero-order valence-electron chi connectivity index (χ0n) is 12.7. The van der Waals surface area contributed by atoms with Gasteiger partial charge in [0.15, 0.2) is 0 Å². The minimum atomic E-state index is -3.66. The summed E-state index contributed by atoms with van der Waals surface area (Å²) in [5.74, 6) is -1.00. The van der Waals surface area contributed by atoms with E-state index in [1.807, 2.05) is 0 Å². The lowest BCUT2D eigenvalue weighted by atomic mass is 10.2. The topological polar surface area (TPSA) is 83.5 Å². The lowest BCUT2D eigenvalue weighted by molar-refractivity contribution is 0.346. The third kappa shape index (κ3) is 5.83. The molecule has 1 fully saturated rings. The van der Waals surface area contributed by atoms with Crippen LogP contribution in [0.3, 0.4) is 0 Å². The van der Waals surface area contributed by atoms with Gasteiger partial charge in [-0.1, -0.05) is 18.6 Å². The molecule has 6 nitrogen and oxygen atoms in total. The molecule has 0 bridgehead atoms. The fourth-order valence-electron chi connectivity index (χ4n) is 2.45. The van der Waals surface area contributed by atoms with Gasteiger partial charge in [-0.25, -0.2) is 30.3 Å². The number of rotatable bonds is 7. The van der Waals surface area contributed by atoms with Crippen molar-refractivity contribution in [2.45, 2.75) is 25.0 Å². The standard InChI is InChI=1S/C14H21FN2O4S2/c15-14-6-4-13(5-7-14)12-22(18,19)16-8-11-23(20,21)17-9-2-1-3-10-17/h4-7,16H,1-3,8-12H2. The highest BCUT2D eigenvalue weighted by atomic mass is 32.2. The summed E-state index contributed by atoms with van der Waals surface area (Å²) in [6.45, 7) is 0.845. The molecule has 130 valence electrons. The summed E-state index contributed by atoms with van der Waals surface area (Å²) in [4.78, 5) is 0. The largest absolute Gasteiger partial charge is 0.215 e. The van der Waals surface area contributed by atoms with Gasteiger partial charge in [-0.3, -0.25) is 0 Å². The number of halogens is 1. The van der Waals surface area contributed by atoms with Crippen LogP contribution in [0.15, 0.2) is 24.3 Å². The number of nitrogens with one attached hydrogen (secondary N) is 1. The zero-order chi connectivity index (χ0) is 16.9. The zero-order valence-corrected chi connectivity index (χ0v) is 14.4. The molecule has 1 aromatic rings. The maximum atomic E-state index is 12.8. The third-order valence-electron chi connectivity index (χ3n) is 3.66. The molecular formula is C14H21FN2O4S2. The second-order valence-corrected chi connectivity index (χ2v) is 9.45. The smallest absolute Gasteiger partial charge is 0.214 e. The molecule has 1 aliphatic heterocycles. The Morgan fingerprint density at radius 2 is 1.61 bits per heavy atom. The highest BCUT2D eigenvalue weighted by molar-refractivity contribution is 7.89. The van der Waals surface area contributed by atoms with Crippen LogP contribution in [0, 0.1) is 5.82 Å². The summed E-state index contributed by atoms with van der Waals surface area (Å²) in [7, 11) is -7.08. The molecule has 0 aromatic heterocycles. The van der Waals surface area contributed by atoms with Gasteiger partial charge in [0.25, 0.3) is 0 Å². The van der Waals surface area contributed by atoms with Crippen molar-refractivity contribution < 1.29 is 21.2 Å². The van der Waals surface area contributed by atoms with Gasteiger partial charge in [0.1, 0.15) is 5.82 Å². The van der Waals surface area contributed by atoms with Crippen LogP contribution in [0.25, 0.3) is 0 Å². The Balaban J connectivity index is 1.85. The van der Waals surface area contributed by atoms with Crippen molar-refractivity contribution in [3.8, 4) is 0 Å². The average Bonchev–Trinajstić information content (AvgIpc) is 2.50. The molecule has 0 aliphatic carbocycles. The molecular weight excluding hydrogens is 343 g/mol. The first-order valence-corrected chi connectivity index (χ1v) is 10.7. The molecule has 0 saturated carbocycles. The van der Waals surface area contributed by atoms with E-state index >= 15 is 0 Å². The summed E-state index contributed by atoms with van der Waals surface area (Å²) in [6, 6.07) is 5.15. The van der Waals surface area contributed by atoms with E-state index in [4.69, 9.17) is 0 Å². The second-order valence-electron chi connectivity index (χ2n) is 5.56. The lowest BCUT2D eigenvalue weighted by Gasteiger charge is -2.25. The number of benzene rings is 1. The van der Waals surface area contributed by atoms with Crippen LogP contribution in [0.1, 0.15) is 24.8 Å². The maximum absolute atomic E-state index is 12.8. The predicted molar refractivity (Wildman–Crippen MR) is 86.2 cm³/mol. The molecule has 0 unspecified atom stereocenters. The van der Waals surface area contributed by atoms with Crippen LogP contribution < -0.4 is 4.72 Å². The van der Waals surface area contributed by atoms with E-state index in [0.29, 0.717) is 18.7 Å². The molecule has 23 heavy (non-hydrogen) atoms. The molecule has 0 atom stereocenters. The lowest BCUT2D eigenvalue weighted by Crippen LogP contribution is -2.40. The number of hydrogen-bond donors (Lipinski definition) is 1. The van der Waals surface area contributed by atoms with Crippen LogP contribution in [-0.4, -0.2) is 46.5 Å². The Bertz CT molecular complexity index is 712. The first kappa shape index (κ1) is 18.3.